The van der Waals surface area contributed by atoms with E-state index in [2.05, 4.69) is 5.32 Å². The smallest absolute Gasteiger partial charge is 0.271 e. The quantitative estimate of drug-likeness (QED) is 0.233. The predicted molar refractivity (Wildman–Crippen MR) is 156 cm³/mol. The minimum Gasteiger partial charge on any atom is -0.495 e. The van der Waals surface area contributed by atoms with Gasteiger partial charge in [-0.25, -0.2) is 12.8 Å². The van der Waals surface area contributed by atoms with Crippen LogP contribution in [0.4, 0.5) is 15.8 Å². The van der Waals surface area contributed by atoms with Crippen LogP contribution >= 0.6 is 0 Å². The molecule has 0 aliphatic heterocycles. The van der Waals surface area contributed by atoms with E-state index in [0.29, 0.717) is 9.87 Å². The maximum absolute atomic E-state index is 14.1. The zero-order chi connectivity index (χ0) is 31.0. The third-order valence-electron chi connectivity index (χ3n) is 6.29. The maximum atomic E-state index is 14.1. The van der Waals surface area contributed by atoms with Crippen molar-refractivity contribution < 1.29 is 32.1 Å². The number of methoxy groups -OCH3 is 1. The van der Waals surface area contributed by atoms with Gasteiger partial charge in [0.2, 0.25) is 21.8 Å². The van der Waals surface area contributed by atoms with E-state index >= 15 is 0 Å². The second-order valence-electron chi connectivity index (χ2n) is 9.90. The average molecular weight is 601 g/mol. The number of nitrogens with one attached hydrogen (secondary N) is 1. The second-order valence-corrected chi connectivity index (χ2v) is 11.8. The summed E-state index contributed by atoms with van der Waals surface area (Å²) >= 11 is 0. The molecule has 1 N–H and O–H groups in total. The molecule has 3 aromatic carbocycles. The van der Waals surface area contributed by atoms with Crippen molar-refractivity contribution in [3.8, 4) is 5.75 Å². The first-order chi connectivity index (χ1) is 19.8. The van der Waals surface area contributed by atoms with Gasteiger partial charge < -0.3 is 15.0 Å². The third-order valence-corrected chi connectivity index (χ3v) is 7.42. The average Bonchev–Trinajstić information content (AvgIpc) is 2.93. The highest BCUT2D eigenvalue weighted by Gasteiger charge is 2.34. The SMILES string of the molecule is COc1ccc([N+](=O)[O-])cc1N(CC(=O)N(Cc1ccc(F)cc1)C(Cc1ccccc1)C(=O)NC(C)C)S(C)(=O)=O. The molecule has 0 bridgehead atoms. The number of hydrogen-bond donors (Lipinski definition) is 1. The van der Waals surface area contributed by atoms with Crippen LogP contribution in [0.2, 0.25) is 0 Å². The summed E-state index contributed by atoms with van der Waals surface area (Å²) in [6.45, 7) is 2.59. The van der Waals surface area contributed by atoms with E-state index in [1.165, 1.54) is 42.3 Å². The highest BCUT2D eigenvalue weighted by Crippen LogP contribution is 2.34. The molecular formula is C29H33FN4O7S. The summed E-state index contributed by atoms with van der Waals surface area (Å²) in [5, 5.41) is 14.3. The molecule has 0 spiro atoms. The van der Waals surface area contributed by atoms with Crippen molar-refractivity contribution in [3.05, 3.63) is 99.9 Å². The molecule has 0 aliphatic rings. The summed E-state index contributed by atoms with van der Waals surface area (Å²) in [6.07, 6.45) is 0.959. The lowest BCUT2D eigenvalue weighted by Crippen LogP contribution is -2.54. The second kappa shape index (κ2) is 13.9. The van der Waals surface area contributed by atoms with Crippen molar-refractivity contribution in [2.24, 2.45) is 0 Å². The fourth-order valence-electron chi connectivity index (χ4n) is 4.30. The van der Waals surface area contributed by atoms with Gasteiger partial charge >= 0.3 is 0 Å². The van der Waals surface area contributed by atoms with Gasteiger partial charge in [-0.1, -0.05) is 42.5 Å². The molecule has 0 radical (unpaired) electrons. The number of nitro groups is 1. The molecule has 0 aliphatic carbocycles. The molecule has 11 nitrogen and oxygen atoms in total. The van der Waals surface area contributed by atoms with E-state index in [1.807, 2.05) is 6.07 Å². The lowest BCUT2D eigenvalue weighted by molar-refractivity contribution is -0.384. The fraction of sp³-hybridized carbons (Fsp3) is 0.310. The van der Waals surface area contributed by atoms with Crippen LogP contribution in [0.25, 0.3) is 0 Å². The zero-order valence-electron chi connectivity index (χ0n) is 23.7. The molecule has 13 heteroatoms. The van der Waals surface area contributed by atoms with Crippen molar-refractivity contribution >= 4 is 33.2 Å². The number of nitrogens with zero attached hydrogens (tertiary/aromatic N) is 3. The number of rotatable bonds is 13. The van der Waals surface area contributed by atoms with Crippen LogP contribution in [0.1, 0.15) is 25.0 Å². The van der Waals surface area contributed by atoms with Gasteiger partial charge in [-0.05, 0) is 43.2 Å². The summed E-state index contributed by atoms with van der Waals surface area (Å²) in [4.78, 5) is 39.6. The minimum atomic E-state index is -4.19. The Morgan fingerprint density at radius 2 is 1.67 bits per heavy atom. The minimum absolute atomic E-state index is 0.0118. The van der Waals surface area contributed by atoms with E-state index in [4.69, 9.17) is 4.74 Å². The van der Waals surface area contributed by atoms with Gasteiger partial charge in [-0.15, -0.1) is 0 Å². The highest BCUT2D eigenvalue weighted by molar-refractivity contribution is 7.92. The molecule has 2 amide bonds. The molecule has 0 heterocycles. The van der Waals surface area contributed by atoms with Gasteiger partial charge in [-0.2, -0.15) is 0 Å². The topological polar surface area (TPSA) is 139 Å². The molecule has 224 valence electrons. The molecule has 0 saturated heterocycles. The largest absolute Gasteiger partial charge is 0.495 e. The standard InChI is InChI=1S/C29H33FN4O7S/c1-20(2)31-29(36)26(16-21-8-6-5-7-9-21)32(18-22-10-12-23(30)13-11-22)28(35)19-33(42(4,39)40)25-17-24(34(37)38)14-15-27(25)41-3/h5-15,17,20,26H,16,18-19H2,1-4H3,(H,31,36). The van der Waals surface area contributed by atoms with Crippen molar-refractivity contribution in [1.82, 2.24) is 10.2 Å². The molecule has 42 heavy (non-hydrogen) atoms. The molecule has 3 aromatic rings. The number of nitro benzene ring substituents is 1. The monoisotopic (exact) mass is 600 g/mol. The van der Waals surface area contributed by atoms with Crippen molar-refractivity contribution in [2.75, 3.05) is 24.2 Å². The van der Waals surface area contributed by atoms with E-state index in [-0.39, 0.29) is 30.4 Å². The van der Waals surface area contributed by atoms with Crippen LogP contribution in [0.3, 0.4) is 0 Å². The molecule has 0 aromatic heterocycles. The normalized spacial score (nSPS) is 12.0. The number of hydrogen-bond acceptors (Lipinski definition) is 7. The first kappa shape index (κ1) is 32.0. The van der Waals surface area contributed by atoms with E-state index in [1.54, 1.807) is 38.1 Å². The van der Waals surface area contributed by atoms with E-state index in [9.17, 15) is 32.5 Å². The molecule has 1 unspecified atom stereocenters. The first-order valence-electron chi connectivity index (χ1n) is 13.0. The Morgan fingerprint density at radius 3 is 2.21 bits per heavy atom. The Bertz CT molecular complexity index is 1520. The number of carbonyl (C=O) groups excluding carboxylic acids is 2. The van der Waals surface area contributed by atoms with Gasteiger partial charge in [0.15, 0.2) is 0 Å². The van der Waals surface area contributed by atoms with Crippen molar-refractivity contribution in [2.45, 2.75) is 38.9 Å². The number of non-ortho nitro benzene ring substituents is 1. The number of carbonyl (C=O) groups is 2. The lowest BCUT2D eigenvalue weighted by atomic mass is 10.0. The Balaban J connectivity index is 2.12. The van der Waals surface area contributed by atoms with Gasteiger partial charge in [0.1, 0.15) is 29.8 Å². The van der Waals surface area contributed by atoms with Gasteiger partial charge in [-0.3, -0.25) is 24.0 Å². The summed E-state index contributed by atoms with van der Waals surface area (Å²) in [5.41, 5.74) is 0.626. The summed E-state index contributed by atoms with van der Waals surface area (Å²) < 4.78 is 45.6. The number of benzene rings is 3. The molecule has 0 fully saturated rings. The molecule has 3 rings (SSSR count). The third kappa shape index (κ3) is 8.49. The summed E-state index contributed by atoms with van der Waals surface area (Å²) in [7, 11) is -2.93. The Morgan fingerprint density at radius 1 is 1.02 bits per heavy atom. The summed E-state index contributed by atoms with van der Waals surface area (Å²) in [6, 6.07) is 16.4. The number of amides is 2. The Hall–Kier alpha value is -4.52. The van der Waals surface area contributed by atoms with E-state index < -0.39 is 50.9 Å². The molecule has 1 atom stereocenters. The first-order valence-corrected chi connectivity index (χ1v) is 14.8. The maximum Gasteiger partial charge on any atom is 0.271 e. The number of sulfonamides is 1. The van der Waals surface area contributed by atoms with Gasteiger partial charge in [0.05, 0.1) is 18.3 Å². The van der Waals surface area contributed by atoms with Crippen LogP contribution < -0.4 is 14.4 Å². The summed E-state index contributed by atoms with van der Waals surface area (Å²) in [5.74, 6) is -1.74. The molecular weight excluding hydrogens is 567 g/mol. The van der Waals surface area contributed by atoms with Gasteiger partial charge in [0, 0.05) is 31.1 Å². The Kier molecular flexibility index (Phi) is 10.6. The Labute approximate surface area is 244 Å². The van der Waals surface area contributed by atoms with Crippen LogP contribution in [-0.2, 0) is 32.6 Å². The van der Waals surface area contributed by atoms with Crippen LogP contribution in [0.5, 0.6) is 5.75 Å². The van der Waals surface area contributed by atoms with Crippen molar-refractivity contribution in [1.29, 1.82) is 0 Å². The zero-order valence-corrected chi connectivity index (χ0v) is 24.5. The fourth-order valence-corrected chi connectivity index (χ4v) is 5.15. The number of halogens is 1. The van der Waals surface area contributed by atoms with Crippen molar-refractivity contribution in [3.63, 3.8) is 0 Å². The van der Waals surface area contributed by atoms with Crippen LogP contribution in [0.15, 0.2) is 72.8 Å². The highest BCUT2D eigenvalue weighted by atomic mass is 32.2. The van der Waals surface area contributed by atoms with E-state index in [0.717, 1.165) is 24.0 Å². The predicted octanol–water partition coefficient (Wildman–Crippen LogP) is 3.67. The lowest BCUT2D eigenvalue weighted by Gasteiger charge is -2.34. The van der Waals surface area contributed by atoms with Crippen LogP contribution in [-0.4, -0.2) is 62.0 Å². The number of anilines is 1. The molecule has 0 saturated carbocycles. The van der Waals surface area contributed by atoms with Crippen LogP contribution in [0, 0.1) is 15.9 Å². The van der Waals surface area contributed by atoms with Gasteiger partial charge in [0.25, 0.3) is 5.69 Å². The number of ether oxygens (including phenoxy) is 1.